The van der Waals surface area contributed by atoms with Crippen LogP contribution < -0.4 is 5.32 Å². The summed E-state index contributed by atoms with van der Waals surface area (Å²) in [5.74, 6) is -1.31. The highest BCUT2D eigenvalue weighted by Crippen LogP contribution is 2.42. The predicted molar refractivity (Wildman–Crippen MR) is 240 cm³/mol. The van der Waals surface area contributed by atoms with Crippen molar-refractivity contribution >= 4 is 45.4 Å². The highest BCUT2D eigenvalue weighted by atomic mass is 16.7. The van der Waals surface area contributed by atoms with Gasteiger partial charge in [0.1, 0.15) is 36.6 Å². The number of hydrogen-bond acceptors (Lipinski definition) is 16. The molecule has 0 saturated carbocycles. The Labute approximate surface area is 381 Å². The molecular formula is C47H63N5O14. The number of aliphatic hydroxyl groups is 7. The van der Waals surface area contributed by atoms with E-state index in [0.29, 0.717) is 6.42 Å². The smallest absolute Gasteiger partial charge is 0.220 e. The maximum absolute atomic E-state index is 13.2. The van der Waals surface area contributed by atoms with Crippen LogP contribution in [-0.2, 0) is 46.3 Å². The van der Waals surface area contributed by atoms with E-state index in [2.05, 4.69) is 48.2 Å². The average Bonchev–Trinajstić information content (AvgIpc) is 4.01. The Morgan fingerprint density at radius 3 is 2.17 bits per heavy atom. The number of carbonyl (C=O) groups excluding carboxylic acids is 2. The molecule has 4 aliphatic heterocycles. The van der Waals surface area contributed by atoms with Gasteiger partial charge in [-0.15, -0.1) is 0 Å². The maximum Gasteiger partial charge on any atom is 0.220 e. The van der Waals surface area contributed by atoms with Crippen molar-refractivity contribution in [3.8, 4) is 0 Å². The van der Waals surface area contributed by atoms with Crippen LogP contribution in [0.3, 0.4) is 0 Å². The molecule has 0 aromatic carbocycles. The molecular weight excluding hydrogens is 859 g/mol. The van der Waals surface area contributed by atoms with E-state index >= 15 is 0 Å². The molecule has 8 bridgehead atoms. The number of aliphatic hydroxyl groups excluding tert-OH is 7. The van der Waals surface area contributed by atoms with Gasteiger partial charge in [-0.2, -0.15) is 0 Å². The van der Waals surface area contributed by atoms with Gasteiger partial charge in [-0.3, -0.25) is 14.6 Å². The van der Waals surface area contributed by atoms with Crippen LogP contribution >= 0.6 is 0 Å². The number of rotatable bonds is 16. The summed E-state index contributed by atoms with van der Waals surface area (Å²) in [7, 11) is 0. The van der Waals surface area contributed by atoms with Crippen LogP contribution in [0.5, 0.6) is 0 Å². The largest absolute Gasteiger partial charge is 0.394 e. The van der Waals surface area contributed by atoms with Crippen LogP contribution in [0.2, 0.25) is 0 Å². The van der Waals surface area contributed by atoms with Crippen LogP contribution in [0.1, 0.15) is 96.0 Å². The van der Waals surface area contributed by atoms with Gasteiger partial charge < -0.3 is 74.7 Å². The molecule has 0 spiro atoms. The van der Waals surface area contributed by atoms with Crippen LogP contribution in [0, 0.1) is 20.8 Å². The molecule has 2 saturated heterocycles. The minimum absolute atomic E-state index is 0.0486. The highest BCUT2D eigenvalue weighted by molar-refractivity contribution is 5.88. The van der Waals surface area contributed by atoms with Crippen molar-refractivity contribution in [2.45, 2.75) is 135 Å². The lowest BCUT2D eigenvalue weighted by molar-refractivity contribution is -0.304. The van der Waals surface area contributed by atoms with E-state index in [1.807, 2.05) is 32.9 Å². The van der Waals surface area contributed by atoms with Crippen molar-refractivity contribution in [1.82, 2.24) is 25.3 Å². The molecule has 11 atom stereocenters. The zero-order chi connectivity index (χ0) is 47.6. The van der Waals surface area contributed by atoms with Crippen molar-refractivity contribution in [3.63, 3.8) is 0 Å². The highest BCUT2D eigenvalue weighted by Gasteiger charge is 2.45. The molecule has 7 heterocycles. The summed E-state index contributed by atoms with van der Waals surface area (Å²) in [6.07, 6.45) is -9.47. The number of aromatic amines is 2. The number of ketones is 1. The number of nitrogens with zero attached hydrogens (tertiary/aromatic N) is 2. The Balaban J connectivity index is 1.12. The van der Waals surface area contributed by atoms with E-state index in [0.717, 1.165) is 84.7 Å². The summed E-state index contributed by atoms with van der Waals surface area (Å²) in [6, 6.07) is 6.09. The summed E-state index contributed by atoms with van der Waals surface area (Å²) < 4.78 is 28.0. The molecule has 10 N–H and O–H groups in total. The zero-order valence-corrected chi connectivity index (χ0v) is 38.1. The first kappa shape index (κ1) is 49.4. The molecule has 0 radical (unpaired) electrons. The Bertz CT molecular complexity index is 2450. The molecule has 19 heteroatoms. The summed E-state index contributed by atoms with van der Waals surface area (Å²) in [5.41, 5.74) is 12.3. The van der Waals surface area contributed by atoms with Crippen LogP contribution in [-0.4, -0.2) is 162 Å². The van der Waals surface area contributed by atoms with Gasteiger partial charge in [-0.1, -0.05) is 13.8 Å². The first-order valence-electron chi connectivity index (χ1n) is 22.5. The van der Waals surface area contributed by atoms with E-state index in [1.165, 1.54) is 0 Å². The summed E-state index contributed by atoms with van der Waals surface area (Å²) >= 11 is 0. The molecule has 19 nitrogen and oxygen atoms in total. The van der Waals surface area contributed by atoms with Crippen LogP contribution in [0.15, 0.2) is 18.2 Å². The number of ether oxygens (including phenoxy) is 5. The first-order valence-corrected chi connectivity index (χ1v) is 22.5. The van der Waals surface area contributed by atoms with E-state index in [-0.39, 0.29) is 57.1 Å². The molecule has 2 fully saturated rings. The number of allylic oxidation sites excluding steroid dienone is 1. The van der Waals surface area contributed by atoms with E-state index in [1.54, 1.807) is 0 Å². The van der Waals surface area contributed by atoms with E-state index in [4.69, 9.17) is 33.7 Å². The molecule has 3 aromatic rings. The molecule has 7 rings (SSSR count). The fraction of sp³-hybridized carbons (Fsp3) is 0.574. The van der Waals surface area contributed by atoms with Gasteiger partial charge in [-0.05, 0) is 92.6 Å². The van der Waals surface area contributed by atoms with Gasteiger partial charge in [0.15, 0.2) is 24.5 Å². The molecule has 1 amide bonds. The Kier molecular flexibility index (Phi) is 15.9. The molecule has 3 aromatic heterocycles. The second-order valence-corrected chi connectivity index (χ2v) is 17.4. The van der Waals surface area contributed by atoms with Crippen molar-refractivity contribution in [3.05, 3.63) is 68.8 Å². The van der Waals surface area contributed by atoms with Crippen molar-refractivity contribution < 1.29 is 69.0 Å². The molecule has 4 aliphatic rings. The fourth-order valence-corrected chi connectivity index (χ4v) is 9.06. The fourth-order valence-electron chi connectivity index (χ4n) is 9.06. The third kappa shape index (κ3) is 10.2. The summed E-state index contributed by atoms with van der Waals surface area (Å²) in [5, 5.41) is 73.4. The number of aromatic nitrogens is 4. The number of aryl methyl sites for hydroxylation is 3. The minimum Gasteiger partial charge on any atom is -0.394 e. The lowest BCUT2D eigenvalue weighted by atomic mass is 9.85. The summed E-state index contributed by atoms with van der Waals surface area (Å²) in [4.78, 5) is 42.8. The molecule has 360 valence electrons. The van der Waals surface area contributed by atoms with Gasteiger partial charge >= 0.3 is 0 Å². The van der Waals surface area contributed by atoms with Gasteiger partial charge in [-0.25, -0.2) is 4.98 Å². The van der Waals surface area contributed by atoms with E-state index < -0.39 is 74.3 Å². The van der Waals surface area contributed by atoms with Crippen LogP contribution in [0.25, 0.3) is 33.7 Å². The third-order valence-corrected chi connectivity index (χ3v) is 13.2. The number of H-pyrrole nitrogens is 2. The second-order valence-electron chi connectivity index (χ2n) is 17.4. The van der Waals surface area contributed by atoms with E-state index in [9.17, 15) is 45.3 Å². The number of fused-ring (bicyclic) bond motifs is 8. The van der Waals surface area contributed by atoms with Gasteiger partial charge in [0, 0.05) is 63.8 Å². The topological polar surface area (TPSA) is 291 Å². The van der Waals surface area contributed by atoms with Gasteiger partial charge in [0.05, 0.1) is 51.0 Å². The molecule has 0 aliphatic carbocycles. The normalized spacial score (nSPS) is 27.9. The van der Waals surface area contributed by atoms with Gasteiger partial charge in [0.25, 0.3) is 0 Å². The monoisotopic (exact) mass is 921 g/mol. The van der Waals surface area contributed by atoms with Crippen molar-refractivity contribution in [2.24, 2.45) is 0 Å². The number of carbonyl (C=O) groups is 2. The second kappa shape index (κ2) is 21.2. The van der Waals surface area contributed by atoms with Crippen LogP contribution in [0.4, 0.5) is 0 Å². The zero-order valence-electron chi connectivity index (χ0n) is 38.1. The van der Waals surface area contributed by atoms with Crippen molar-refractivity contribution in [2.75, 3.05) is 39.6 Å². The molecule has 66 heavy (non-hydrogen) atoms. The predicted octanol–water partition coefficient (Wildman–Crippen LogP) is 1.50. The molecule has 0 unspecified atom stereocenters. The van der Waals surface area contributed by atoms with Gasteiger partial charge in [0.2, 0.25) is 5.91 Å². The number of amides is 1. The lowest BCUT2D eigenvalue weighted by Gasteiger charge is -2.39. The number of nitrogens with one attached hydrogen (secondary N) is 3. The quantitative estimate of drug-likeness (QED) is 0.0912. The lowest BCUT2D eigenvalue weighted by Crippen LogP contribution is -2.59. The summed E-state index contributed by atoms with van der Waals surface area (Å²) in [6.45, 7) is 11.4. The first-order chi connectivity index (χ1) is 31.6. The number of Topliss-reactive ketones (excluding diaryl/α,β-unsaturated/α-hetero) is 1. The minimum atomic E-state index is -1.70. The number of hydrogen-bond donors (Lipinski definition) is 10. The van der Waals surface area contributed by atoms with Crippen molar-refractivity contribution in [1.29, 1.82) is 0 Å². The maximum atomic E-state index is 13.2. The Morgan fingerprint density at radius 1 is 0.773 bits per heavy atom. The average molecular weight is 922 g/mol. The Hall–Kier alpha value is -4.48. The standard InChI is InChI=1S/C47H63N5O14/c1-7-26-22(3)32-17-35-28(20-64-47-45(61)43(59)41(57)37(19-54)66-47)24(5)31(51-35)16-33-23(4)27(39(52-33)25(6)30-14-21(2)29(49-30)15-34(26)50-32)8-9-38(55)48-10-11-62-12-13-63-46-44(60)42(58)40(56)36(18-53)65-46/h14-17,23,27,36-37,40-41,43-47,50-51,53-54,56-57,59-61H,7-13,18-20H2,1-6H3,(H,48,55)/t23-,27-,36+,37+,40+,41+,43-,44+,45+,46+,47+/m0/s1. The Morgan fingerprint density at radius 2 is 1.45 bits per heavy atom. The SMILES string of the molecule is CCc1c(C)c2cc3[nH]c(cc4nc(c(C)c5nc(cc1[nH]2)C(C)=C5)[C@@H](CCC(=O)NCCOCCO[C@@H]1O[C@H](CO)[C@@H](O)C(=O)[C@H]1O)[C@@H]4C)c(C)c3CO[C@@H]1O[C@H](CO)[C@@H](O)[C@H](O)[C@H]1O. The third-order valence-electron chi connectivity index (χ3n) is 13.2.